The molecule has 0 spiro atoms. The maximum Gasteiger partial charge on any atom is 0.193 e. The second-order valence-electron chi connectivity index (χ2n) is 7.42. The smallest absolute Gasteiger partial charge is 0.193 e. The van der Waals surface area contributed by atoms with E-state index in [-0.39, 0.29) is 5.43 Å². The number of hydrogen-bond donors (Lipinski definition) is 0. The molecule has 0 unspecified atom stereocenters. The molecule has 148 valence electrons. The van der Waals surface area contributed by atoms with Gasteiger partial charge in [-0.2, -0.15) is 0 Å². The topological polar surface area (TPSA) is 42.7 Å². The van der Waals surface area contributed by atoms with Crippen LogP contribution in [-0.4, -0.2) is 32.1 Å². The van der Waals surface area contributed by atoms with Crippen LogP contribution in [-0.2, 0) is 0 Å². The summed E-state index contributed by atoms with van der Waals surface area (Å²) in [5, 5.41) is 0.556. The molecule has 28 heavy (non-hydrogen) atoms. The van der Waals surface area contributed by atoms with Gasteiger partial charge in [-0.3, -0.25) is 4.79 Å². The monoisotopic (exact) mass is 379 g/mol. The summed E-state index contributed by atoms with van der Waals surface area (Å²) in [4.78, 5) is 14.8. The van der Waals surface area contributed by atoms with Gasteiger partial charge in [0, 0.05) is 11.6 Å². The predicted octanol–water partition coefficient (Wildman–Crippen LogP) is 5.35. The van der Waals surface area contributed by atoms with Gasteiger partial charge in [-0.05, 0) is 51.7 Å². The highest BCUT2D eigenvalue weighted by Crippen LogP contribution is 2.24. The van der Waals surface area contributed by atoms with Crippen LogP contribution in [0.4, 0.5) is 0 Å². The molecule has 0 amide bonds. The zero-order valence-corrected chi connectivity index (χ0v) is 16.8. The van der Waals surface area contributed by atoms with Crippen molar-refractivity contribution in [3.63, 3.8) is 0 Å². The maximum atomic E-state index is 12.5. The van der Waals surface area contributed by atoms with E-state index in [1.165, 1.54) is 25.7 Å². The molecule has 4 nitrogen and oxygen atoms in total. The first-order valence-corrected chi connectivity index (χ1v) is 10.0. The van der Waals surface area contributed by atoms with Crippen LogP contribution in [0, 0.1) is 0 Å². The first kappa shape index (κ1) is 20.2. The van der Waals surface area contributed by atoms with Crippen molar-refractivity contribution in [2.45, 2.75) is 32.1 Å². The minimum absolute atomic E-state index is 0.0496. The standard InChI is InChI=1S/C24H29NO3/c1-25(2)15-9-4-3-5-10-16-27-20-13-14-23-21(17-20)22(26)18-24(28-23)19-11-7-6-8-12-19/h6-8,11-14,17-18H,3-5,9-10,15-16H2,1-2H3. The van der Waals surface area contributed by atoms with Crippen LogP contribution in [0.3, 0.4) is 0 Å². The number of hydrogen-bond acceptors (Lipinski definition) is 4. The molecule has 3 aromatic rings. The van der Waals surface area contributed by atoms with Gasteiger partial charge < -0.3 is 14.1 Å². The van der Waals surface area contributed by atoms with E-state index < -0.39 is 0 Å². The van der Waals surface area contributed by atoms with Gasteiger partial charge in [0.05, 0.1) is 12.0 Å². The highest BCUT2D eigenvalue weighted by molar-refractivity contribution is 5.80. The van der Waals surface area contributed by atoms with Crippen LogP contribution >= 0.6 is 0 Å². The SMILES string of the molecule is CN(C)CCCCCCCOc1ccc2oc(-c3ccccc3)cc(=O)c2c1. The van der Waals surface area contributed by atoms with Gasteiger partial charge in [-0.15, -0.1) is 0 Å². The Hall–Kier alpha value is -2.59. The molecule has 0 fully saturated rings. The summed E-state index contributed by atoms with van der Waals surface area (Å²) in [5.74, 6) is 1.31. The highest BCUT2D eigenvalue weighted by Gasteiger charge is 2.08. The lowest BCUT2D eigenvalue weighted by Gasteiger charge is -2.09. The van der Waals surface area contributed by atoms with Crippen LogP contribution in [0.2, 0.25) is 0 Å². The van der Waals surface area contributed by atoms with Gasteiger partial charge in [0.25, 0.3) is 0 Å². The van der Waals surface area contributed by atoms with E-state index in [4.69, 9.17) is 9.15 Å². The summed E-state index contributed by atoms with van der Waals surface area (Å²) in [5.41, 5.74) is 1.43. The van der Waals surface area contributed by atoms with Crippen LogP contribution in [0.5, 0.6) is 5.75 Å². The summed E-state index contributed by atoms with van der Waals surface area (Å²) < 4.78 is 11.8. The Morgan fingerprint density at radius 2 is 1.64 bits per heavy atom. The van der Waals surface area contributed by atoms with E-state index in [2.05, 4.69) is 19.0 Å². The van der Waals surface area contributed by atoms with Crippen LogP contribution < -0.4 is 10.2 Å². The third kappa shape index (κ3) is 5.70. The molecule has 0 saturated carbocycles. The Bertz CT molecular complexity index is 931. The number of ether oxygens (including phenoxy) is 1. The van der Waals surface area contributed by atoms with Crippen LogP contribution in [0.25, 0.3) is 22.3 Å². The van der Waals surface area contributed by atoms with Gasteiger partial charge in [0.2, 0.25) is 0 Å². The number of fused-ring (bicyclic) bond motifs is 1. The summed E-state index contributed by atoms with van der Waals surface area (Å²) in [6.07, 6.45) is 5.95. The third-order valence-electron chi connectivity index (χ3n) is 4.78. The van der Waals surface area contributed by atoms with Crippen molar-refractivity contribution in [1.82, 2.24) is 4.90 Å². The molecule has 1 heterocycles. The fourth-order valence-electron chi connectivity index (χ4n) is 3.22. The molecule has 0 N–H and O–H groups in total. The summed E-state index contributed by atoms with van der Waals surface area (Å²) in [7, 11) is 4.22. The number of nitrogens with zero attached hydrogens (tertiary/aromatic N) is 1. The molecule has 0 bridgehead atoms. The van der Waals surface area contributed by atoms with Crippen LogP contribution in [0.1, 0.15) is 32.1 Å². The molecule has 0 aliphatic heterocycles. The molecular formula is C24H29NO3. The fraction of sp³-hybridized carbons (Fsp3) is 0.375. The fourth-order valence-corrected chi connectivity index (χ4v) is 3.22. The molecule has 0 aliphatic carbocycles. The minimum Gasteiger partial charge on any atom is -0.494 e. The van der Waals surface area contributed by atoms with Crippen molar-refractivity contribution >= 4 is 11.0 Å². The number of benzene rings is 2. The average Bonchev–Trinajstić information content (AvgIpc) is 2.70. The third-order valence-corrected chi connectivity index (χ3v) is 4.78. The Morgan fingerprint density at radius 1 is 0.893 bits per heavy atom. The highest BCUT2D eigenvalue weighted by atomic mass is 16.5. The number of unbranched alkanes of at least 4 members (excludes halogenated alkanes) is 4. The van der Waals surface area contributed by atoms with Crippen molar-refractivity contribution in [2.75, 3.05) is 27.2 Å². The summed E-state index contributed by atoms with van der Waals surface area (Å²) >= 11 is 0. The largest absolute Gasteiger partial charge is 0.494 e. The molecule has 2 aromatic carbocycles. The Labute approximate surface area is 166 Å². The lowest BCUT2D eigenvalue weighted by molar-refractivity contribution is 0.303. The second-order valence-corrected chi connectivity index (χ2v) is 7.42. The Kier molecular flexibility index (Phi) is 7.26. The summed E-state index contributed by atoms with van der Waals surface area (Å²) in [6.45, 7) is 1.83. The lowest BCUT2D eigenvalue weighted by Crippen LogP contribution is -2.12. The molecular weight excluding hydrogens is 350 g/mol. The van der Waals surface area contributed by atoms with E-state index in [9.17, 15) is 4.79 Å². The number of rotatable bonds is 10. The Morgan fingerprint density at radius 3 is 2.43 bits per heavy atom. The minimum atomic E-state index is -0.0496. The predicted molar refractivity (Wildman–Crippen MR) is 115 cm³/mol. The normalized spacial score (nSPS) is 11.2. The molecule has 4 heteroatoms. The lowest BCUT2D eigenvalue weighted by atomic mass is 10.1. The van der Waals surface area contributed by atoms with E-state index in [0.29, 0.717) is 23.3 Å². The van der Waals surface area contributed by atoms with Crippen molar-refractivity contribution in [3.8, 4) is 17.1 Å². The van der Waals surface area contributed by atoms with Crippen molar-refractivity contribution in [3.05, 3.63) is 64.8 Å². The molecule has 0 saturated heterocycles. The van der Waals surface area contributed by atoms with Crippen molar-refractivity contribution < 1.29 is 9.15 Å². The zero-order valence-electron chi connectivity index (χ0n) is 16.8. The zero-order chi connectivity index (χ0) is 19.8. The second kappa shape index (κ2) is 10.1. The first-order valence-electron chi connectivity index (χ1n) is 10.0. The Balaban J connectivity index is 1.54. The van der Waals surface area contributed by atoms with Gasteiger partial charge in [-0.25, -0.2) is 0 Å². The summed E-state index contributed by atoms with van der Waals surface area (Å²) in [6, 6.07) is 16.7. The molecule has 0 atom stereocenters. The molecule has 1 aromatic heterocycles. The van der Waals surface area contributed by atoms with Gasteiger partial charge in [0.1, 0.15) is 17.1 Å². The first-order chi connectivity index (χ1) is 13.6. The van der Waals surface area contributed by atoms with Gasteiger partial charge in [-0.1, -0.05) is 49.6 Å². The maximum absolute atomic E-state index is 12.5. The van der Waals surface area contributed by atoms with Crippen LogP contribution in [0.15, 0.2) is 63.8 Å². The van der Waals surface area contributed by atoms with Crippen molar-refractivity contribution in [2.24, 2.45) is 0 Å². The van der Waals surface area contributed by atoms with Crippen molar-refractivity contribution in [1.29, 1.82) is 0 Å². The molecule has 0 aliphatic rings. The average molecular weight is 380 g/mol. The van der Waals surface area contributed by atoms with Gasteiger partial charge >= 0.3 is 0 Å². The molecule has 3 rings (SSSR count). The van der Waals surface area contributed by atoms with Gasteiger partial charge in [0.15, 0.2) is 5.43 Å². The van der Waals surface area contributed by atoms with E-state index in [0.717, 1.165) is 24.3 Å². The van der Waals surface area contributed by atoms with E-state index in [1.807, 2.05) is 42.5 Å². The quantitative estimate of drug-likeness (QED) is 0.445. The van der Waals surface area contributed by atoms with E-state index in [1.54, 1.807) is 12.1 Å². The van der Waals surface area contributed by atoms with E-state index >= 15 is 0 Å². The molecule has 0 radical (unpaired) electrons.